The maximum absolute atomic E-state index is 14.2. The minimum Gasteiger partial charge on any atom is -0.493 e. The summed E-state index contributed by atoms with van der Waals surface area (Å²) in [6, 6.07) is 5.74. The molecule has 244 valence electrons. The summed E-state index contributed by atoms with van der Waals surface area (Å²) < 4.78 is 55.9. The second-order valence-electron chi connectivity index (χ2n) is 9.62. The van der Waals surface area contributed by atoms with E-state index >= 15 is 0 Å². The third kappa shape index (κ3) is 5.41. The van der Waals surface area contributed by atoms with Crippen LogP contribution in [-0.2, 0) is 9.53 Å². The summed E-state index contributed by atoms with van der Waals surface area (Å²) in [5.41, 5.74) is 0.396. The number of carbonyl (C=O) groups excluding carboxylic acids is 4. The summed E-state index contributed by atoms with van der Waals surface area (Å²) in [4.78, 5) is 51.3. The standard InChI is InChI=1S/C31H25NO14S/c1-37-16-6-13(8-20-28(33)32-31(36)47-20)7-17(38-2)23(16)46-30(35)15-10-19(40-4)25-27(45-12-43-25)22(15)21-14(29(34)41-5)9-18(39-3)24-26(21)44-11-42-24/h6-10H,11-12H2,1-5H3,(H,32,33,36)/b20-8-. The van der Waals surface area contributed by atoms with E-state index in [2.05, 4.69) is 5.32 Å². The average molecular weight is 668 g/mol. The van der Waals surface area contributed by atoms with Crippen molar-refractivity contribution in [1.29, 1.82) is 0 Å². The molecule has 15 nitrogen and oxygen atoms in total. The number of fused-ring (bicyclic) bond motifs is 2. The van der Waals surface area contributed by atoms with E-state index in [1.54, 1.807) is 0 Å². The molecule has 47 heavy (non-hydrogen) atoms. The first kappa shape index (κ1) is 31.2. The Morgan fingerprint density at radius 3 is 1.64 bits per heavy atom. The van der Waals surface area contributed by atoms with Crippen LogP contribution in [-0.4, -0.2) is 72.2 Å². The molecule has 0 saturated carbocycles. The molecule has 3 aromatic rings. The van der Waals surface area contributed by atoms with E-state index in [4.69, 9.17) is 47.4 Å². The zero-order valence-electron chi connectivity index (χ0n) is 25.4. The number of benzene rings is 3. The third-order valence-electron chi connectivity index (χ3n) is 7.15. The van der Waals surface area contributed by atoms with Crippen molar-refractivity contribution in [3.05, 3.63) is 45.9 Å². The molecular formula is C31H25NO14S. The predicted molar refractivity (Wildman–Crippen MR) is 162 cm³/mol. The van der Waals surface area contributed by atoms with Crippen molar-refractivity contribution < 1.29 is 66.5 Å². The molecule has 3 aliphatic heterocycles. The second kappa shape index (κ2) is 12.6. The maximum atomic E-state index is 14.2. The topological polar surface area (TPSA) is 173 Å². The highest BCUT2D eigenvalue weighted by molar-refractivity contribution is 8.18. The molecule has 1 saturated heterocycles. The monoisotopic (exact) mass is 667 g/mol. The summed E-state index contributed by atoms with van der Waals surface area (Å²) in [6.07, 6.45) is 1.46. The lowest BCUT2D eigenvalue weighted by Crippen LogP contribution is -2.17. The van der Waals surface area contributed by atoms with Crippen molar-refractivity contribution in [1.82, 2.24) is 5.32 Å². The largest absolute Gasteiger partial charge is 0.493 e. The summed E-state index contributed by atoms with van der Waals surface area (Å²) >= 11 is 0.736. The Morgan fingerprint density at radius 2 is 1.19 bits per heavy atom. The minimum absolute atomic E-state index is 0.0367. The number of imide groups is 1. The minimum atomic E-state index is -0.949. The normalized spacial score (nSPS) is 15.0. The lowest BCUT2D eigenvalue weighted by molar-refractivity contribution is -0.115. The first-order valence-corrected chi connectivity index (χ1v) is 14.4. The van der Waals surface area contributed by atoms with Gasteiger partial charge in [0.2, 0.25) is 30.8 Å². The third-order valence-corrected chi connectivity index (χ3v) is 7.96. The summed E-state index contributed by atoms with van der Waals surface area (Å²) in [7, 11) is 6.67. The number of methoxy groups -OCH3 is 5. The molecule has 0 radical (unpaired) electrons. The molecule has 0 atom stereocenters. The zero-order valence-corrected chi connectivity index (χ0v) is 26.2. The Bertz CT molecular complexity index is 1860. The average Bonchev–Trinajstić information content (AvgIpc) is 3.83. The van der Waals surface area contributed by atoms with Crippen molar-refractivity contribution in [3.63, 3.8) is 0 Å². The fourth-order valence-electron chi connectivity index (χ4n) is 5.11. The van der Waals surface area contributed by atoms with Gasteiger partial charge in [-0.2, -0.15) is 0 Å². The number of hydrogen-bond donors (Lipinski definition) is 1. The van der Waals surface area contributed by atoms with Gasteiger partial charge in [-0.15, -0.1) is 0 Å². The SMILES string of the molecule is COC(=O)c1cc(OC)c2c(c1-c1c(C(=O)Oc3c(OC)cc(/C=C4\SC(=O)NC4=O)cc3OC)cc(OC)c3c1OCO3)OCO2. The van der Waals surface area contributed by atoms with E-state index in [0.29, 0.717) is 5.56 Å². The molecule has 1 fully saturated rings. The molecule has 16 heteroatoms. The van der Waals surface area contributed by atoms with Crippen LogP contribution in [0.3, 0.4) is 0 Å². The molecule has 1 N–H and O–H groups in total. The molecule has 0 unspecified atom stereocenters. The number of esters is 2. The van der Waals surface area contributed by atoms with E-state index in [0.717, 1.165) is 11.8 Å². The fourth-order valence-corrected chi connectivity index (χ4v) is 5.79. The van der Waals surface area contributed by atoms with Crippen LogP contribution in [0, 0.1) is 0 Å². The Morgan fingerprint density at radius 1 is 0.702 bits per heavy atom. The first-order chi connectivity index (χ1) is 22.7. The predicted octanol–water partition coefficient (Wildman–Crippen LogP) is 4.18. The Kier molecular flexibility index (Phi) is 8.34. The van der Waals surface area contributed by atoms with Crippen molar-refractivity contribution in [2.45, 2.75) is 0 Å². The second-order valence-corrected chi connectivity index (χ2v) is 10.6. The molecular weight excluding hydrogens is 642 g/mol. The van der Waals surface area contributed by atoms with E-state index < -0.39 is 23.1 Å². The summed E-state index contributed by atoms with van der Waals surface area (Å²) in [5.74, 6) is -1.45. The van der Waals surface area contributed by atoms with Crippen molar-refractivity contribution >= 4 is 40.9 Å². The Hall–Kier alpha value is -5.77. The van der Waals surface area contributed by atoms with Crippen molar-refractivity contribution in [2.75, 3.05) is 49.1 Å². The molecule has 6 rings (SSSR count). The Labute approximate surface area is 270 Å². The van der Waals surface area contributed by atoms with Crippen LogP contribution < -0.4 is 47.9 Å². The number of amides is 2. The number of hydrogen-bond acceptors (Lipinski definition) is 15. The van der Waals surface area contributed by atoms with E-state index in [1.165, 1.54) is 65.9 Å². The van der Waals surface area contributed by atoms with Gasteiger partial charge in [0.1, 0.15) is 0 Å². The van der Waals surface area contributed by atoms with Crippen molar-refractivity contribution in [3.8, 4) is 62.9 Å². The quantitative estimate of drug-likeness (QED) is 0.196. The van der Waals surface area contributed by atoms with Gasteiger partial charge in [0, 0.05) is 11.1 Å². The number of nitrogens with one attached hydrogen (secondary N) is 1. The Balaban J connectivity index is 1.53. The molecule has 2 amide bonds. The number of ether oxygens (including phenoxy) is 10. The molecule has 3 aromatic carbocycles. The number of thioether (sulfide) groups is 1. The fraction of sp³-hybridized carbons (Fsp3) is 0.226. The first-order valence-electron chi connectivity index (χ1n) is 13.6. The van der Waals surface area contributed by atoms with Gasteiger partial charge in [0.15, 0.2) is 34.5 Å². The van der Waals surface area contributed by atoms with Gasteiger partial charge in [0.05, 0.1) is 51.6 Å². The molecule has 3 aliphatic rings. The summed E-state index contributed by atoms with van der Waals surface area (Å²) in [6.45, 7) is -0.426. The van der Waals surface area contributed by atoms with Gasteiger partial charge < -0.3 is 47.4 Å². The van der Waals surface area contributed by atoms with Crippen LogP contribution in [0.1, 0.15) is 26.3 Å². The van der Waals surface area contributed by atoms with Crippen LogP contribution in [0.2, 0.25) is 0 Å². The smallest absolute Gasteiger partial charge is 0.344 e. The highest BCUT2D eigenvalue weighted by Gasteiger charge is 2.38. The highest BCUT2D eigenvalue weighted by atomic mass is 32.2. The van der Waals surface area contributed by atoms with Crippen LogP contribution in [0.25, 0.3) is 17.2 Å². The van der Waals surface area contributed by atoms with Crippen LogP contribution in [0.15, 0.2) is 29.2 Å². The van der Waals surface area contributed by atoms with Gasteiger partial charge in [-0.3, -0.25) is 14.9 Å². The molecule has 0 aromatic heterocycles. The molecule has 3 heterocycles. The van der Waals surface area contributed by atoms with Gasteiger partial charge in [-0.05, 0) is 47.7 Å². The van der Waals surface area contributed by atoms with E-state index in [9.17, 15) is 19.2 Å². The lowest BCUT2D eigenvalue weighted by Gasteiger charge is -2.20. The van der Waals surface area contributed by atoms with Crippen molar-refractivity contribution in [2.24, 2.45) is 0 Å². The summed E-state index contributed by atoms with van der Waals surface area (Å²) in [5, 5.41) is 1.68. The molecule has 0 aliphatic carbocycles. The number of carbonyl (C=O) groups is 4. The van der Waals surface area contributed by atoms with Crippen LogP contribution >= 0.6 is 11.8 Å². The van der Waals surface area contributed by atoms with E-state index in [1.807, 2.05) is 0 Å². The van der Waals surface area contributed by atoms with Gasteiger partial charge in [-0.25, -0.2) is 9.59 Å². The van der Waals surface area contributed by atoms with E-state index in [-0.39, 0.29) is 92.5 Å². The number of rotatable bonds is 9. The van der Waals surface area contributed by atoms with Gasteiger partial charge in [-0.1, -0.05) is 0 Å². The maximum Gasteiger partial charge on any atom is 0.344 e. The molecule has 0 spiro atoms. The van der Waals surface area contributed by atoms with Gasteiger partial charge >= 0.3 is 11.9 Å². The molecule has 0 bridgehead atoms. The zero-order chi connectivity index (χ0) is 33.4. The lowest BCUT2D eigenvalue weighted by atomic mass is 9.91. The highest BCUT2D eigenvalue weighted by Crippen LogP contribution is 2.57. The van der Waals surface area contributed by atoms with Crippen LogP contribution in [0.4, 0.5) is 4.79 Å². The van der Waals surface area contributed by atoms with Gasteiger partial charge in [0.25, 0.3) is 11.1 Å². The van der Waals surface area contributed by atoms with Crippen LogP contribution in [0.5, 0.6) is 51.7 Å².